The number of ether oxygens (including phenoxy) is 2. The minimum Gasteiger partial charge on any atom is -0.486 e. The maximum Gasteiger partial charge on any atom is 0.207 e. The monoisotopic (exact) mass is 300 g/mol. The molecule has 0 fully saturated rings. The fourth-order valence-electron chi connectivity index (χ4n) is 1.55. The molecular weight excluding hydrogens is 292 g/mol. The lowest BCUT2D eigenvalue weighted by Gasteiger charge is -2.18. The Labute approximate surface area is 117 Å². The average Bonchev–Trinajstić information content (AvgIpc) is 2.82. The molecule has 2 aromatic rings. The van der Waals surface area contributed by atoms with Crippen LogP contribution in [0.1, 0.15) is 5.01 Å². The second kappa shape index (κ2) is 5.34. The summed E-state index contributed by atoms with van der Waals surface area (Å²) in [5.74, 6) is 2.37. The van der Waals surface area contributed by atoms with Crippen molar-refractivity contribution in [3.63, 3.8) is 0 Å². The highest BCUT2D eigenvalue weighted by molar-refractivity contribution is 7.98. The summed E-state index contributed by atoms with van der Waals surface area (Å²) >= 11 is 8.81. The smallest absolute Gasteiger partial charge is 0.207 e. The molecule has 18 heavy (non-hydrogen) atoms. The van der Waals surface area contributed by atoms with Crippen molar-refractivity contribution in [1.82, 2.24) is 10.2 Å². The Kier molecular flexibility index (Phi) is 3.58. The van der Waals surface area contributed by atoms with Crippen molar-refractivity contribution in [1.29, 1.82) is 0 Å². The fourth-order valence-corrected chi connectivity index (χ4v) is 3.33. The molecule has 1 aliphatic rings. The number of hydrogen-bond donors (Lipinski definition) is 0. The van der Waals surface area contributed by atoms with Gasteiger partial charge in [-0.25, -0.2) is 0 Å². The number of nitrogens with zero attached hydrogens (tertiary/aromatic N) is 2. The summed E-state index contributed by atoms with van der Waals surface area (Å²) in [5, 5.41) is 8.67. The van der Waals surface area contributed by atoms with Crippen LogP contribution in [0.15, 0.2) is 23.1 Å². The molecule has 0 saturated heterocycles. The van der Waals surface area contributed by atoms with Crippen LogP contribution in [0.3, 0.4) is 0 Å². The van der Waals surface area contributed by atoms with Gasteiger partial charge in [-0.15, -0.1) is 22.0 Å². The van der Waals surface area contributed by atoms with Crippen molar-refractivity contribution in [2.45, 2.75) is 10.6 Å². The van der Waals surface area contributed by atoms with Crippen LogP contribution in [0.5, 0.6) is 11.5 Å². The first-order valence-corrected chi connectivity index (χ1v) is 7.49. The normalized spacial score (nSPS) is 13.6. The molecule has 4 nitrogen and oxygen atoms in total. The Morgan fingerprint density at radius 3 is 2.83 bits per heavy atom. The lowest BCUT2D eigenvalue weighted by molar-refractivity contribution is 0.171. The third-order valence-electron chi connectivity index (χ3n) is 2.32. The number of halogens is 1. The minimum atomic E-state index is 0.479. The molecule has 3 rings (SSSR count). The molecule has 0 amide bonds. The van der Waals surface area contributed by atoms with Crippen LogP contribution in [-0.4, -0.2) is 23.4 Å². The first-order chi connectivity index (χ1) is 8.81. The number of thioether (sulfide) groups is 1. The molecule has 0 bridgehead atoms. The first-order valence-electron chi connectivity index (χ1n) is 5.31. The van der Waals surface area contributed by atoms with Gasteiger partial charge in [-0.05, 0) is 29.8 Å². The maximum atomic E-state index is 5.74. The Balaban J connectivity index is 1.69. The Morgan fingerprint density at radius 2 is 2.06 bits per heavy atom. The van der Waals surface area contributed by atoms with E-state index in [2.05, 4.69) is 10.2 Å². The molecule has 0 saturated carbocycles. The van der Waals surface area contributed by atoms with Gasteiger partial charge in [-0.3, -0.25) is 0 Å². The van der Waals surface area contributed by atoms with Gasteiger partial charge in [0.1, 0.15) is 18.2 Å². The van der Waals surface area contributed by atoms with E-state index in [0.717, 1.165) is 27.2 Å². The number of rotatable bonds is 3. The molecule has 0 spiro atoms. The molecule has 0 N–H and O–H groups in total. The van der Waals surface area contributed by atoms with Gasteiger partial charge in [-0.1, -0.05) is 11.3 Å². The highest BCUT2D eigenvalue weighted by atomic mass is 35.5. The van der Waals surface area contributed by atoms with E-state index in [1.165, 1.54) is 11.3 Å². The van der Waals surface area contributed by atoms with E-state index in [0.29, 0.717) is 17.7 Å². The van der Waals surface area contributed by atoms with E-state index >= 15 is 0 Å². The largest absolute Gasteiger partial charge is 0.486 e. The predicted molar refractivity (Wildman–Crippen MR) is 71.9 cm³/mol. The minimum absolute atomic E-state index is 0.479. The number of benzene rings is 1. The molecular formula is C11H9ClN2O2S2. The van der Waals surface area contributed by atoms with Crippen LogP contribution < -0.4 is 9.47 Å². The van der Waals surface area contributed by atoms with E-state index in [-0.39, 0.29) is 0 Å². The average molecular weight is 301 g/mol. The SMILES string of the molecule is Clc1nnc(CSc2ccc3c(c2)OCCO3)s1. The van der Waals surface area contributed by atoms with E-state index in [1.807, 2.05) is 18.2 Å². The molecule has 7 heteroatoms. The van der Waals surface area contributed by atoms with Crippen LogP contribution in [-0.2, 0) is 5.75 Å². The molecule has 0 radical (unpaired) electrons. The van der Waals surface area contributed by atoms with Gasteiger partial charge in [0.2, 0.25) is 4.47 Å². The lowest BCUT2D eigenvalue weighted by atomic mass is 10.3. The van der Waals surface area contributed by atoms with Gasteiger partial charge in [0, 0.05) is 4.90 Å². The van der Waals surface area contributed by atoms with Gasteiger partial charge in [0.25, 0.3) is 0 Å². The summed E-state index contributed by atoms with van der Waals surface area (Å²) in [4.78, 5) is 1.12. The third-order valence-corrected chi connectivity index (χ3v) is 4.52. The van der Waals surface area contributed by atoms with Gasteiger partial charge in [-0.2, -0.15) is 0 Å². The fraction of sp³-hybridized carbons (Fsp3) is 0.273. The number of fused-ring (bicyclic) bond motifs is 1. The van der Waals surface area contributed by atoms with E-state index < -0.39 is 0 Å². The Morgan fingerprint density at radius 1 is 1.22 bits per heavy atom. The number of aromatic nitrogens is 2. The molecule has 1 aliphatic heterocycles. The molecule has 1 aromatic carbocycles. The molecule has 2 heterocycles. The van der Waals surface area contributed by atoms with E-state index in [9.17, 15) is 0 Å². The molecule has 0 atom stereocenters. The second-order valence-electron chi connectivity index (χ2n) is 3.54. The van der Waals surface area contributed by atoms with Gasteiger partial charge < -0.3 is 9.47 Å². The Bertz CT molecular complexity index is 562. The van der Waals surface area contributed by atoms with Gasteiger partial charge in [0.05, 0.1) is 5.75 Å². The Hall–Kier alpha value is -0.980. The molecule has 0 unspecified atom stereocenters. The van der Waals surface area contributed by atoms with Crippen molar-refractivity contribution in [2.24, 2.45) is 0 Å². The summed E-state index contributed by atoms with van der Waals surface area (Å²) in [6.07, 6.45) is 0. The van der Waals surface area contributed by atoms with Crippen molar-refractivity contribution < 1.29 is 9.47 Å². The van der Waals surface area contributed by atoms with E-state index in [4.69, 9.17) is 21.1 Å². The van der Waals surface area contributed by atoms with Crippen molar-refractivity contribution in [2.75, 3.05) is 13.2 Å². The predicted octanol–water partition coefficient (Wildman–Crippen LogP) is 3.26. The van der Waals surface area contributed by atoms with Crippen LogP contribution in [0.4, 0.5) is 0 Å². The first kappa shape index (κ1) is 12.1. The quantitative estimate of drug-likeness (QED) is 0.814. The second-order valence-corrected chi connectivity index (χ2v) is 6.24. The third kappa shape index (κ3) is 2.71. The standard InChI is InChI=1S/C11H9ClN2O2S2/c12-11-14-13-10(18-11)6-17-7-1-2-8-9(5-7)16-4-3-15-8/h1-2,5H,3-4,6H2. The molecule has 0 aliphatic carbocycles. The summed E-state index contributed by atoms with van der Waals surface area (Å²) < 4.78 is 11.5. The topological polar surface area (TPSA) is 44.2 Å². The summed E-state index contributed by atoms with van der Waals surface area (Å²) in [6, 6.07) is 5.94. The van der Waals surface area contributed by atoms with Crippen molar-refractivity contribution in [3.05, 3.63) is 27.7 Å². The van der Waals surface area contributed by atoms with Gasteiger partial charge >= 0.3 is 0 Å². The maximum absolute atomic E-state index is 5.74. The van der Waals surface area contributed by atoms with Crippen LogP contribution >= 0.6 is 34.7 Å². The van der Waals surface area contributed by atoms with E-state index in [1.54, 1.807) is 11.8 Å². The molecule has 1 aromatic heterocycles. The number of hydrogen-bond acceptors (Lipinski definition) is 6. The molecule has 94 valence electrons. The lowest BCUT2D eigenvalue weighted by Crippen LogP contribution is -2.15. The zero-order chi connectivity index (χ0) is 12.4. The van der Waals surface area contributed by atoms with Crippen LogP contribution in [0.25, 0.3) is 0 Å². The highest BCUT2D eigenvalue weighted by Gasteiger charge is 2.12. The van der Waals surface area contributed by atoms with Gasteiger partial charge in [0.15, 0.2) is 11.5 Å². The zero-order valence-electron chi connectivity index (χ0n) is 9.26. The van der Waals surface area contributed by atoms with Crippen molar-refractivity contribution in [3.8, 4) is 11.5 Å². The highest BCUT2D eigenvalue weighted by Crippen LogP contribution is 2.35. The van der Waals surface area contributed by atoms with Crippen LogP contribution in [0, 0.1) is 0 Å². The summed E-state index contributed by atoms with van der Waals surface area (Å²) in [7, 11) is 0. The zero-order valence-corrected chi connectivity index (χ0v) is 11.6. The summed E-state index contributed by atoms with van der Waals surface area (Å²) in [5.41, 5.74) is 0. The van der Waals surface area contributed by atoms with Crippen molar-refractivity contribution >= 4 is 34.7 Å². The summed E-state index contributed by atoms with van der Waals surface area (Å²) in [6.45, 7) is 1.22. The van der Waals surface area contributed by atoms with Crippen LogP contribution in [0.2, 0.25) is 4.47 Å².